The minimum absolute atomic E-state index is 0.0258. The highest BCUT2D eigenvalue weighted by atomic mass is 32.2. The van der Waals surface area contributed by atoms with Crippen molar-refractivity contribution in [3.05, 3.63) is 106 Å². The first-order valence-electron chi connectivity index (χ1n) is 11.6. The van der Waals surface area contributed by atoms with Crippen LogP contribution in [0.5, 0.6) is 0 Å². The minimum Gasteiger partial charge on any atom is -0.357 e. The lowest BCUT2D eigenvalue weighted by molar-refractivity contribution is -0.139. The van der Waals surface area contributed by atoms with Crippen LogP contribution in [0, 0.1) is 20.8 Å². The smallest absolute Gasteiger partial charge is 0.242 e. The number of thioether (sulfide) groups is 1. The molecule has 0 bridgehead atoms. The largest absolute Gasteiger partial charge is 0.357 e. The summed E-state index contributed by atoms with van der Waals surface area (Å²) in [4.78, 5) is 28.3. The van der Waals surface area contributed by atoms with Crippen molar-refractivity contribution >= 4 is 23.6 Å². The molecule has 34 heavy (non-hydrogen) atoms. The van der Waals surface area contributed by atoms with E-state index in [1.54, 1.807) is 23.7 Å². The number of nitrogens with one attached hydrogen (secondary N) is 1. The monoisotopic (exact) mass is 474 g/mol. The lowest BCUT2D eigenvalue weighted by atomic mass is 10.0. The van der Waals surface area contributed by atoms with Gasteiger partial charge in [0.2, 0.25) is 11.8 Å². The summed E-state index contributed by atoms with van der Waals surface area (Å²) in [6.45, 7) is 6.63. The van der Waals surface area contributed by atoms with Crippen LogP contribution < -0.4 is 5.32 Å². The van der Waals surface area contributed by atoms with Crippen molar-refractivity contribution in [1.29, 1.82) is 0 Å². The summed E-state index contributed by atoms with van der Waals surface area (Å²) in [6, 6.07) is 23.8. The van der Waals surface area contributed by atoms with E-state index in [0.29, 0.717) is 18.7 Å². The summed E-state index contributed by atoms with van der Waals surface area (Å²) in [5, 5.41) is 2.78. The summed E-state index contributed by atoms with van der Waals surface area (Å²) in [6.07, 6.45) is 0.472. The number of carbonyl (C=O) groups excluding carboxylic acids is 2. The van der Waals surface area contributed by atoms with Crippen LogP contribution in [0.3, 0.4) is 0 Å². The van der Waals surface area contributed by atoms with Gasteiger partial charge in [-0.05, 0) is 43.0 Å². The molecule has 3 rings (SSSR count). The van der Waals surface area contributed by atoms with Gasteiger partial charge in [-0.3, -0.25) is 9.59 Å². The Morgan fingerprint density at radius 2 is 1.53 bits per heavy atom. The summed E-state index contributed by atoms with van der Waals surface area (Å²) >= 11 is 1.60. The van der Waals surface area contributed by atoms with E-state index in [-0.39, 0.29) is 11.8 Å². The van der Waals surface area contributed by atoms with Gasteiger partial charge >= 0.3 is 0 Å². The number of aryl methyl sites for hydroxylation is 3. The zero-order valence-electron chi connectivity index (χ0n) is 20.5. The molecular weight excluding hydrogens is 440 g/mol. The van der Waals surface area contributed by atoms with Crippen LogP contribution in [-0.4, -0.2) is 35.6 Å². The highest BCUT2D eigenvalue weighted by molar-refractivity contribution is 7.99. The van der Waals surface area contributed by atoms with Crippen molar-refractivity contribution < 1.29 is 9.59 Å². The second-order valence-electron chi connectivity index (χ2n) is 8.76. The molecule has 4 nitrogen and oxygen atoms in total. The second-order valence-corrected chi connectivity index (χ2v) is 9.74. The molecule has 0 fully saturated rings. The first-order valence-corrected chi connectivity index (χ1v) is 12.8. The van der Waals surface area contributed by atoms with Gasteiger partial charge in [-0.1, -0.05) is 83.9 Å². The molecule has 0 radical (unpaired) electrons. The van der Waals surface area contributed by atoms with Gasteiger partial charge in [-0.2, -0.15) is 0 Å². The molecule has 1 N–H and O–H groups in total. The number of rotatable bonds is 10. The first-order chi connectivity index (χ1) is 16.4. The van der Waals surface area contributed by atoms with E-state index in [1.807, 2.05) is 61.5 Å². The van der Waals surface area contributed by atoms with Crippen LogP contribution >= 0.6 is 11.8 Å². The molecule has 0 aliphatic heterocycles. The Hall–Kier alpha value is -3.05. The maximum Gasteiger partial charge on any atom is 0.242 e. The van der Waals surface area contributed by atoms with Gasteiger partial charge < -0.3 is 10.2 Å². The van der Waals surface area contributed by atoms with Crippen LogP contribution in [0.4, 0.5) is 0 Å². The topological polar surface area (TPSA) is 49.4 Å². The van der Waals surface area contributed by atoms with Crippen LogP contribution in [-0.2, 0) is 28.3 Å². The first kappa shape index (κ1) is 25.6. The van der Waals surface area contributed by atoms with Crippen LogP contribution in [0.25, 0.3) is 0 Å². The standard InChI is InChI=1S/C29H34N2O2S/c1-21-14-22(2)16-25(15-21)19-34-20-28(32)31(18-26-13-9-8-10-23(26)3)27(29(33)30-4)17-24-11-6-5-7-12-24/h5-16,27H,17-20H2,1-4H3,(H,30,33)/t27-/m1/s1. The lowest BCUT2D eigenvalue weighted by Crippen LogP contribution is -2.50. The number of amides is 2. The van der Waals surface area contributed by atoms with Gasteiger partial charge in [0.25, 0.3) is 0 Å². The fourth-order valence-electron chi connectivity index (χ4n) is 4.18. The maximum absolute atomic E-state index is 13.6. The van der Waals surface area contributed by atoms with Gasteiger partial charge in [-0.15, -0.1) is 11.8 Å². The van der Waals surface area contributed by atoms with Gasteiger partial charge in [0.1, 0.15) is 6.04 Å². The third kappa shape index (κ3) is 7.22. The van der Waals surface area contributed by atoms with Crippen molar-refractivity contribution in [1.82, 2.24) is 10.2 Å². The molecule has 2 amide bonds. The van der Waals surface area contributed by atoms with Crippen LogP contribution in [0.15, 0.2) is 72.8 Å². The van der Waals surface area contributed by atoms with Crippen molar-refractivity contribution in [2.75, 3.05) is 12.8 Å². The quantitative estimate of drug-likeness (QED) is 0.438. The summed E-state index contributed by atoms with van der Waals surface area (Å²) in [5.41, 5.74) is 6.86. The number of nitrogens with zero attached hydrogens (tertiary/aromatic N) is 1. The van der Waals surface area contributed by atoms with Crippen molar-refractivity contribution in [3.8, 4) is 0 Å². The molecule has 0 saturated heterocycles. The minimum atomic E-state index is -0.582. The van der Waals surface area contributed by atoms with Gasteiger partial charge in [0, 0.05) is 25.8 Å². The molecular formula is C29H34N2O2S. The molecule has 178 valence electrons. The zero-order chi connectivity index (χ0) is 24.5. The fourth-order valence-corrected chi connectivity index (χ4v) is 5.03. The average Bonchev–Trinajstić information content (AvgIpc) is 2.82. The lowest BCUT2D eigenvalue weighted by Gasteiger charge is -2.31. The Morgan fingerprint density at radius 3 is 2.18 bits per heavy atom. The predicted octanol–water partition coefficient (Wildman–Crippen LogP) is 5.23. The third-order valence-electron chi connectivity index (χ3n) is 5.90. The SMILES string of the molecule is CNC(=O)[C@@H](Cc1ccccc1)N(Cc1ccccc1C)C(=O)CSCc1cc(C)cc(C)c1. The second kappa shape index (κ2) is 12.4. The summed E-state index contributed by atoms with van der Waals surface area (Å²) in [5.74, 6) is 0.906. The van der Waals surface area contributed by atoms with Crippen molar-refractivity contribution in [2.45, 2.75) is 45.5 Å². The number of benzene rings is 3. The van der Waals surface area contributed by atoms with Crippen LogP contribution in [0.1, 0.15) is 33.4 Å². The van der Waals surface area contributed by atoms with Crippen molar-refractivity contribution in [2.24, 2.45) is 0 Å². The molecule has 3 aromatic carbocycles. The summed E-state index contributed by atoms with van der Waals surface area (Å²) in [7, 11) is 1.63. The number of likely N-dealkylation sites (N-methyl/N-ethyl adjacent to an activating group) is 1. The predicted molar refractivity (Wildman–Crippen MR) is 142 cm³/mol. The third-order valence-corrected chi connectivity index (χ3v) is 6.88. The van der Waals surface area contributed by atoms with E-state index in [9.17, 15) is 9.59 Å². The van der Waals surface area contributed by atoms with Crippen molar-refractivity contribution in [3.63, 3.8) is 0 Å². The highest BCUT2D eigenvalue weighted by Crippen LogP contribution is 2.20. The Kier molecular flexibility index (Phi) is 9.34. The summed E-state index contributed by atoms with van der Waals surface area (Å²) < 4.78 is 0. The normalized spacial score (nSPS) is 11.6. The molecule has 0 aromatic heterocycles. The number of carbonyl (C=O) groups is 2. The Morgan fingerprint density at radius 1 is 0.882 bits per heavy atom. The Labute approximate surface area is 207 Å². The average molecular weight is 475 g/mol. The van der Waals surface area contributed by atoms with E-state index in [0.717, 1.165) is 22.4 Å². The van der Waals surface area contributed by atoms with Gasteiger partial charge in [0.15, 0.2) is 0 Å². The van der Waals surface area contributed by atoms with E-state index >= 15 is 0 Å². The van der Waals surface area contributed by atoms with Crippen LogP contribution in [0.2, 0.25) is 0 Å². The van der Waals surface area contributed by atoms with E-state index in [4.69, 9.17) is 0 Å². The maximum atomic E-state index is 13.6. The van der Waals surface area contributed by atoms with E-state index in [2.05, 4.69) is 37.4 Å². The molecule has 0 spiro atoms. The van der Waals surface area contributed by atoms with E-state index < -0.39 is 6.04 Å². The molecule has 0 saturated carbocycles. The molecule has 0 heterocycles. The van der Waals surface area contributed by atoms with Gasteiger partial charge in [0.05, 0.1) is 5.75 Å². The number of hydrogen-bond acceptors (Lipinski definition) is 3. The van der Waals surface area contributed by atoms with E-state index in [1.165, 1.54) is 16.7 Å². The molecule has 0 aliphatic carbocycles. The Balaban J connectivity index is 1.82. The molecule has 5 heteroatoms. The fraction of sp³-hybridized carbons (Fsp3) is 0.310. The molecule has 0 aliphatic rings. The molecule has 3 aromatic rings. The highest BCUT2D eigenvalue weighted by Gasteiger charge is 2.30. The Bertz CT molecular complexity index is 1090. The van der Waals surface area contributed by atoms with Gasteiger partial charge in [-0.25, -0.2) is 0 Å². The zero-order valence-corrected chi connectivity index (χ0v) is 21.3. The molecule has 1 atom stereocenters. The number of hydrogen-bond donors (Lipinski definition) is 1. The molecule has 0 unspecified atom stereocenters.